The number of nitrogens with one attached hydrogen (secondary N) is 2. The Kier molecular flexibility index (Phi) is 1.10. The van der Waals surface area contributed by atoms with Gasteiger partial charge in [-0.25, -0.2) is 4.98 Å². The molecule has 13 heavy (non-hydrogen) atoms. The highest BCUT2D eigenvalue weighted by molar-refractivity contribution is 6.01. The summed E-state index contributed by atoms with van der Waals surface area (Å²) in [5.74, 6) is 0.956. The lowest BCUT2D eigenvalue weighted by Crippen LogP contribution is -1.72. The van der Waals surface area contributed by atoms with Crippen molar-refractivity contribution < 1.29 is 0 Å². The minimum Gasteiger partial charge on any atom is -0.359 e. The minimum atomic E-state index is 0.956. The van der Waals surface area contributed by atoms with Gasteiger partial charge in [0.2, 0.25) is 0 Å². The van der Waals surface area contributed by atoms with E-state index in [4.69, 9.17) is 0 Å². The third kappa shape index (κ3) is 0.811. The lowest BCUT2D eigenvalue weighted by Gasteiger charge is -1.90. The lowest BCUT2D eigenvalue weighted by molar-refractivity contribution is 1.17. The number of aromatic amines is 2. The van der Waals surface area contributed by atoms with Crippen LogP contribution in [-0.2, 0) is 0 Å². The number of aryl methyl sites for hydroxylation is 1. The molecule has 0 unspecified atom stereocenters. The highest BCUT2D eigenvalue weighted by atomic mass is 14.9. The molecule has 0 saturated heterocycles. The summed E-state index contributed by atoms with van der Waals surface area (Å²) < 4.78 is 0. The van der Waals surface area contributed by atoms with Crippen LogP contribution in [0.3, 0.4) is 0 Å². The molecule has 0 saturated carbocycles. The van der Waals surface area contributed by atoms with Gasteiger partial charge in [-0.15, -0.1) is 0 Å². The first-order chi connectivity index (χ1) is 6.34. The quantitative estimate of drug-likeness (QED) is 0.535. The maximum Gasteiger partial charge on any atom is 0.104 e. The molecule has 0 spiro atoms. The number of benzene rings is 1. The molecule has 0 radical (unpaired) electrons. The summed E-state index contributed by atoms with van der Waals surface area (Å²) >= 11 is 0. The van der Waals surface area contributed by atoms with Crippen LogP contribution in [0.15, 0.2) is 24.4 Å². The Morgan fingerprint density at radius 2 is 2.08 bits per heavy atom. The summed E-state index contributed by atoms with van der Waals surface area (Å²) in [6.07, 6.45) is 1.94. The Balaban J connectivity index is 2.64. The van der Waals surface area contributed by atoms with Gasteiger partial charge in [0, 0.05) is 11.6 Å². The number of H-pyrrole nitrogens is 2. The van der Waals surface area contributed by atoms with Crippen molar-refractivity contribution in [3.63, 3.8) is 0 Å². The summed E-state index contributed by atoms with van der Waals surface area (Å²) in [5, 5.41) is 1.22. The van der Waals surface area contributed by atoms with Gasteiger partial charge in [0.05, 0.1) is 16.6 Å². The summed E-state index contributed by atoms with van der Waals surface area (Å²) in [4.78, 5) is 10.8. The van der Waals surface area contributed by atoms with E-state index in [9.17, 15) is 0 Å². The fourth-order valence-electron chi connectivity index (χ4n) is 1.73. The number of hydrogen-bond donors (Lipinski definition) is 2. The molecule has 0 amide bonds. The maximum atomic E-state index is 4.37. The van der Waals surface area contributed by atoms with Gasteiger partial charge >= 0.3 is 0 Å². The van der Waals surface area contributed by atoms with E-state index < -0.39 is 0 Å². The molecule has 2 N–H and O–H groups in total. The SMILES string of the molecule is Cc1nc2ccc3cc[nH]c3c2[nH]1. The molecule has 3 rings (SSSR count). The highest BCUT2D eigenvalue weighted by Crippen LogP contribution is 2.21. The van der Waals surface area contributed by atoms with Crippen LogP contribution in [0.5, 0.6) is 0 Å². The van der Waals surface area contributed by atoms with E-state index in [0.29, 0.717) is 0 Å². The molecule has 0 aliphatic rings. The van der Waals surface area contributed by atoms with Crippen molar-refractivity contribution in [2.75, 3.05) is 0 Å². The molecule has 3 heteroatoms. The fourth-order valence-corrected chi connectivity index (χ4v) is 1.73. The van der Waals surface area contributed by atoms with Crippen LogP contribution in [-0.4, -0.2) is 15.0 Å². The van der Waals surface area contributed by atoms with Crippen LogP contribution in [0.1, 0.15) is 5.82 Å². The average molecular weight is 171 g/mol. The molecule has 3 aromatic rings. The summed E-state index contributed by atoms with van der Waals surface area (Å²) in [6, 6.07) is 6.18. The van der Waals surface area contributed by atoms with Gasteiger partial charge in [0.1, 0.15) is 5.82 Å². The zero-order valence-electron chi connectivity index (χ0n) is 7.26. The summed E-state index contributed by atoms with van der Waals surface area (Å²) in [7, 11) is 0. The van der Waals surface area contributed by atoms with Crippen molar-refractivity contribution in [1.82, 2.24) is 15.0 Å². The van der Waals surface area contributed by atoms with Gasteiger partial charge in [-0.05, 0) is 19.1 Å². The zero-order chi connectivity index (χ0) is 8.84. The number of nitrogens with zero attached hydrogens (tertiary/aromatic N) is 1. The van der Waals surface area contributed by atoms with E-state index >= 15 is 0 Å². The van der Waals surface area contributed by atoms with Crippen molar-refractivity contribution >= 4 is 21.9 Å². The number of hydrogen-bond acceptors (Lipinski definition) is 1. The second-order valence-corrected chi connectivity index (χ2v) is 3.22. The minimum absolute atomic E-state index is 0.956. The Morgan fingerprint density at radius 3 is 3.00 bits per heavy atom. The fraction of sp³-hybridized carbons (Fsp3) is 0.100. The predicted octanol–water partition coefficient (Wildman–Crippen LogP) is 2.35. The molecule has 3 nitrogen and oxygen atoms in total. The largest absolute Gasteiger partial charge is 0.359 e. The topological polar surface area (TPSA) is 44.5 Å². The Morgan fingerprint density at radius 1 is 1.15 bits per heavy atom. The normalized spacial score (nSPS) is 11.5. The van der Waals surface area contributed by atoms with Gasteiger partial charge in [0.25, 0.3) is 0 Å². The van der Waals surface area contributed by atoms with Crippen LogP contribution in [0.4, 0.5) is 0 Å². The van der Waals surface area contributed by atoms with Crippen molar-refractivity contribution in [1.29, 1.82) is 0 Å². The second kappa shape index (κ2) is 2.13. The lowest BCUT2D eigenvalue weighted by atomic mass is 10.2. The van der Waals surface area contributed by atoms with Crippen LogP contribution in [0.2, 0.25) is 0 Å². The van der Waals surface area contributed by atoms with Gasteiger partial charge in [-0.1, -0.05) is 6.07 Å². The van der Waals surface area contributed by atoms with Crippen molar-refractivity contribution in [3.05, 3.63) is 30.2 Å². The molecule has 0 bridgehead atoms. The van der Waals surface area contributed by atoms with Crippen LogP contribution in [0, 0.1) is 6.92 Å². The maximum absolute atomic E-state index is 4.37. The van der Waals surface area contributed by atoms with Gasteiger partial charge < -0.3 is 9.97 Å². The average Bonchev–Trinajstić information content (AvgIpc) is 2.65. The van der Waals surface area contributed by atoms with E-state index in [1.165, 1.54) is 5.39 Å². The van der Waals surface area contributed by atoms with E-state index in [2.05, 4.69) is 27.1 Å². The van der Waals surface area contributed by atoms with E-state index in [1.807, 2.05) is 19.2 Å². The summed E-state index contributed by atoms with van der Waals surface area (Å²) in [5.41, 5.74) is 3.26. The first-order valence-electron chi connectivity index (χ1n) is 4.27. The Bertz CT molecular complexity index is 574. The highest BCUT2D eigenvalue weighted by Gasteiger charge is 2.03. The van der Waals surface area contributed by atoms with Crippen LogP contribution in [0.25, 0.3) is 21.9 Å². The van der Waals surface area contributed by atoms with E-state index in [0.717, 1.165) is 22.4 Å². The van der Waals surface area contributed by atoms with Crippen molar-refractivity contribution in [3.8, 4) is 0 Å². The molecular formula is C10H9N3. The molecular weight excluding hydrogens is 162 g/mol. The number of fused-ring (bicyclic) bond motifs is 3. The molecule has 0 aliphatic heterocycles. The Hall–Kier alpha value is -1.77. The molecule has 2 heterocycles. The summed E-state index contributed by atoms with van der Waals surface area (Å²) in [6.45, 7) is 1.97. The number of rotatable bonds is 0. The molecule has 0 aliphatic carbocycles. The monoisotopic (exact) mass is 171 g/mol. The zero-order valence-corrected chi connectivity index (χ0v) is 7.26. The van der Waals surface area contributed by atoms with E-state index in [1.54, 1.807) is 0 Å². The first kappa shape index (κ1) is 6.71. The van der Waals surface area contributed by atoms with Gasteiger partial charge in [-0.2, -0.15) is 0 Å². The Labute approximate surface area is 74.8 Å². The van der Waals surface area contributed by atoms with Crippen molar-refractivity contribution in [2.45, 2.75) is 6.92 Å². The molecule has 1 aromatic carbocycles. The molecule has 2 aromatic heterocycles. The standard InChI is InChI=1S/C10H9N3/c1-6-12-8-3-2-7-4-5-11-9(7)10(8)13-6/h2-5,11H,1H3,(H,12,13). The van der Waals surface area contributed by atoms with Crippen LogP contribution >= 0.6 is 0 Å². The number of imidazole rings is 1. The van der Waals surface area contributed by atoms with E-state index in [-0.39, 0.29) is 0 Å². The second-order valence-electron chi connectivity index (χ2n) is 3.22. The molecule has 64 valence electrons. The third-order valence-electron chi connectivity index (χ3n) is 2.30. The van der Waals surface area contributed by atoms with Crippen molar-refractivity contribution in [2.24, 2.45) is 0 Å². The molecule has 0 atom stereocenters. The van der Waals surface area contributed by atoms with Crippen LogP contribution < -0.4 is 0 Å². The number of aromatic nitrogens is 3. The third-order valence-corrected chi connectivity index (χ3v) is 2.30. The predicted molar refractivity (Wildman–Crippen MR) is 52.7 cm³/mol. The smallest absolute Gasteiger partial charge is 0.104 e. The van der Waals surface area contributed by atoms with Gasteiger partial charge in [-0.3, -0.25) is 0 Å². The van der Waals surface area contributed by atoms with Gasteiger partial charge in [0.15, 0.2) is 0 Å². The molecule has 0 fully saturated rings. The first-order valence-corrected chi connectivity index (χ1v) is 4.27.